The Morgan fingerprint density at radius 2 is 2.17 bits per heavy atom. The minimum atomic E-state index is -0.207. The largest absolute Gasteiger partial charge is 0.492 e. The first-order valence-corrected chi connectivity index (χ1v) is 8.35. The van der Waals surface area contributed by atoms with Crippen LogP contribution in [0.3, 0.4) is 0 Å². The number of carbonyl (C=O) groups excluding carboxylic acids is 1. The summed E-state index contributed by atoms with van der Waals surface area (Å²) >= 11 is 0. The predicted octanol–water partition coefficient (Wildman–Crippen LogP) is 2.51. The molecule has 1 atom stereocenters. The molecule has 0 aliphatic carbocycles. The highest BCUT2D eigenvalue weighted by Gasteiger charge is 2.20. The van der Waals surface area contributed by atoms with Crippen LogP contribution in [-0.2, 0) is 13.0 Å². The SMILES string of the molecule is CCOc1ccccc1NC(=O)NC1CCc2nnc(C)n2CC1. The molecule has 0 bridgehead atoms. The molecule has 2 heterocycles. The summed E-state index contributed by atoms with van der Waals surface area (Å²) < 4.78 is 7.66. The molecule has 7 heteroatoms. The zero-order chi connectivity index (χ0) is 16.9. The number of rotatable bonds is 4. The lowest BCUT2D eigenvalue weighted by molar-refractivity contribution is 0.246. The number of aryl methyl sites for hydroxylation is 2. The zero-order valence-electron chi connectivity index (χ0n) is 14.1. The number of benzene rings is 1. The summed E-state index contributed by atoms with van der Waals surface area (Å²) in [5.74, 6) is 2.61. The smallest absolute Gasteiger partial charge is 0.319 e. The molecule has 2 N–H and O–H groups in total. The van der Waals surface area contributed by atoms with Crippen LogP contribution in [0.1, 0.15) is 31.4 Å². The maximum atomic E-state index is 12.3. The van der Waals surface area contributed by atoms with Gasteiger partial charge in [0.2, 0.25) is 0 Å². The van der Waals surface area contributed by atoms with E-state index in [4.69, 9.17) is 4.74 Å². The molecule has 1 unspecified atom stereocenters. The van der Waals surface area contributed by atoms with Crippen LogP contribution in [0.25, 0.3) is 0 Å². The van der Waals surface area contributed by atoms with Gasteiger partial charge in [0.25, 0.3) is 0 Å². The van der Waals surface area contributed by atoms with Crippen LogP contribution in [0.2, 0.25) is 0 Å². The van der Waals surface area contributed by atoms with E-state index < -0.39 is 0 Å². The Morgan fingerprint density at radius 1 is 1.33 bits per heavy atom. The standard InChI is InChI=1S/C17H23N5O2/c1-3-24-15-7-5-4-6-14(15)19-17(23)18-13-8-9-16-21-20-12(2)22(16)11-10-13/h4-7,13H,3,8-11H2,1-2H3,(H2,18,19,23). The van der Waals surface area contributed by atoms with E-state index in [9.17, 15) is 4.79 Å². The Kier molecular flexibility index (Phi) is 4.98. The van der Waals surface area contributed by atoms with Gasteiger partial charge in [-0.15, -0.1) is 10.2 Å². The van der Waals surface area contributed by atoms with Crippen LogP contribution in [0, 0.1) is 6.92 Å². The van der Waals surface area contributed by atoms with Crippen LogP contribution in [0.15, 0.2) is 24.3 Å². The van der Waals surface area contributed by atoms with Gasteiger partial charge in [-0.25, -0.2) is 4.79 Å². The fourth-order valence-electron chi connectivity index (χ4n) is 2.97. The van der Waals surface area contributed by atoms with Gasteiger partial charge in [-0.3, -0.25) is 0 Å². The molecule has 2 aromatic rings. The summed E-state index contributed by atoms with van der Waals surface area (Å²) in [4.78, 5) is 12.3. The normalized spacial score (nSPS) is 16.8. The van der Waals surface area contributed by atoms with E-state index in [1.165, 1.54) is 0 Å². The lowest BCUT2D eigenvalue weighted by Crippen LogP contribution is -2.38. The number of urea groups is 1. The molecule has 24 heavy (non-hydrogen) atoms. The third-order valence-corrected chi connectivity index (χ3v) is 4.20. The molecule has 0 radical (unpaired) electrons. The van der Waals surface area contributed by atoms with E-state index in [2.05, 4.69) is 25.4 Å². The summed E-state index contributed by atoms with van der Waals surface area (Å²) in [6.45, 7) is 5.26. The number of nitrogens with one attached hydrogen (secondary N) is 2. The van der Waals surface area contributed by atoms with Gasteiger partial charge in [-0.05, 0) is 38.8 Å². The second-order valence-electron chi connectivity index (χ2n) is 5.87. The van der Waals surface area contributed by atoms with E-state index in [1.807, 2.05) is 38.1 Å². The van der Waals surface area contributed by atoms with Crippen molar-refractivity contribution < 1.29 is 9.53 Å². The minimum Gasteiger partial charge on any atom is -0.492 e. The van der Waals surface area contributed by atoms with Crippen molar-refractivity contribution in [2.24, 2.45) is 0 Å². The number of nitrogens with zero attached hydrogens (tertiary/aromatic N) is 3. The van der Waals surface area contributed by atoms with Crippen LogP contribution in [0.5, 0.6) is 5.75 Å². The third kappa shape index (κ3) is 3.67. The Balaban J connectivity index is 1.58. The molecule has 1 aromatic carbocycles. The van der Waals surface area contributed by atoms with Crippen molar-refractivity contribution in [2.45, 2.75) is 45.7 Å². The molecule has 1 aromatic heterocycles. The highest BCUT2D eigenvalue weighted by Crippen LogP contribution is 2.23. The Hall–Kier alpha value is -2.57. The second-order valence-corrected chi connectivity index (χ2v) is 5.87. The summed E-state index contributed by atoms with van der Waals surface area (Å²) in [6, 6.07) is 7.35. The number of aromatic nitrogens is 3. The summed E-state index contributed by atoms with van der Waals surface area (Å²) in [5, 5.41) is 14.2. The lowest BCUT2D eigenvalue weighted by atomic mass is 10.1. The fraction of sp³-hybridized carbons (Fsp3) is 0.471. The topological polar surface area (TPSA) is 81.1 Å². The van der Waals surface area contributed by atoms with Crippen molar-refractivity contribution in [2.75, 3.05) is 11.9 Å². The molecule has 0 fully saturated rings. The number of carbonyl (C=O) groups is 1. The number of amides is 2. The maximum absolute atomic E-state index is 12.3. The van der Waals surface area contributed by atoms with Gasteiger partial charge in [0, 0.05) is 19.0 Å². The fourth-order valence-corrected chi connectivity index (χ4v) is 2.97. The monoisotopic (exact) mass is 329 g/mol. The number of anilines is 1. The summed E-state index contributed by atoms with van der Waals surface area (Å²) in [5.41, 5.74) is 0.679. The molecule has 2 amide bonds. The van der Waals surface area contributed by atoms with Crippen LogP contribution < -0.4 is 15.4 Å². The first-order valence-electron chi connectivity index (χ1n) is 8.35. The zero-order valence-corrected chi connectivity index (χ0v) is 14.1. The average molecular weight is 329 g/mol. The first-order chi connectivity index (χ1) is 11.7. The van der Waals surface area contributed by atoms with E-state index >= 15 is 0 Å². The van der Waals surface area contributed by atoms with Crippen LogP contribution >= 0.6 is 0 Å². The predicted molar refractivity (Wildman–Crippen MR) is 91.3 cm³/mol. The van der Waals surface area contributed by atoms with Gasteiger partial charge < -0.3 is 19.9 Å². The highest BCUT2D eigenvalue weighted by atomic mass is 16.5. The Bertz CT molecular complexity index is 713. The van der Waals surface area contributed by atoms with Gasteiger partial charge >= 0.3 is 6.03 Å². The molecule has 0 spiro atoms. The molecular formula is C17H23N5O2. The molecule has 1 aliphatic heterocycles. The van der Waals surface area contributed by atoms with Crippen LogP contribution in [-0.4, -0.2) is 33.4 Å². The maximum Gasteiger partial charge on any atom is 0.319 e. The van der Waals surface area contributed by atoms with Gasteiger partial charge in [0.1, 0.15) is 17.4 Å². The Morgan fingerprint density at radius 3 is 3.00 bits per heavy atom. The summed E-state index contributed by atoms with van der Waals surface area (Å²) in [6.07, 6.45) is 2.55. The van der Waals surface area contributed by atoms with E-state index in [0.29, 0.717) is 18.0 Å². The molecule has 1 aliphatic rings. The van der Waals surface area contributed by atoms with Gasteiger partial charge in [-0.2, -0.15) is 0 Å². The third-order valence-electron chi connectivity index (χ3n) is 4.20. The molecule has 0 saturated heterocycles. The van der Waals surface area contributed by atoms with E-state index in [1.54, 1.807) is 0 Å². The van der Waals surface area contributed by atoms with Crippen molar-refractivity contribution in [3.8, 4) is 5.75 Å². The molecular weight excluding hydrogens is 306 g/mol. The average Bonchev–Trinajstić information content (AvgIpc) is 2.79. The number of para-hydroxylation sites is 2. The van der Waals surface area contributed by atoms with Gasteiger partial charge in [-0.1, -0.05) is 12.1 Å². The van der Waals surface area contributed by atoms with E-state index in [-0.39, 0.29) is 12.1 Å². The van der Waals surface area contributed by atoms with Crippen molar-refractivity contribution in [3.05, 3.63) is 35.9 Å². The number of hydrogen-bond acceptors (Lipinski definition) is 4. The first kappa shape index (κ1) is 16.3. The number of hydrogen-bond donors (Lipinski definition) is 2. The molecule has 0 saturated carbocycles. The number of fused-ring (bicyclic) bond motifs is 1. The molecule has 3 rings (SSSR count). The number of ether oxygens (including phenoxy) is 1. The van der Waals surface area contributed by atoms with Gasteiger partial charge in [0.05, 0.1) is 12.3 Å². The lowest BCUT2D eigenvalue weighted by Gasteiger charge is -2.18. The van der Waals surface area contributed by atoms with E-state index in [0.717, 1.165) is 37.5 Å². The van der Waals surface area contributed by atoms with Crippen molar-refractivity contribution in [1.29, 1.82) is 0 Å². The molecule has 7 nitrogen and oxygen atoms in total. The van der Waals surface area contributed by atoms with Crippen molar-refractivity contribution in [3.63, 3.8) is 0 Å². The summed E-state index contributed by atoms with van der Waals surface area (Å²) in [7, 11) is 0. The van der Waals surface area contributed by atoms with Crippen molar-refractivity contribution >= 4 is 11.7 Å². The molecule has 128 valence electrons. The quantitative estimate of drug-likeness (QED) is 0.903. The second kappa shape index (κ2) is 7.33. The minimum absolute atomic E-state index is 0.116. The highest BCUT2D eigenvalue weighted by molar-refractivity contribution is 5.91. The van der Waals surface area contributed by atoms with Crippen LogP contribution in [0.4, 0.5) is 10.5 Å². The van der Waals surface area contributed by atoms with Gasteiger partial charge in [0.15, 0.2) is 0 Å². The van der Waals surface area contributed by atoms with Crippen molar-refractivity contribution in [1.82, 2.24) is 20.1 Å². The Labute approximate surface area is 141 Å².